The van der Waals surface area contributed by atoms with E-state index in [1.165, 1.54) is 11.5 Å². The summed E-state index contributed by atoms with van der Waals surface area (Å²) >= 11 is 1.50. The lowest BCUT2D eigenvalue weighted by Gasteiger charge is -2.35. The van der Waals surface area contributed by atoms with Gasteiger partial charge in [0.25, 0.3) is 0 Å². The van der Waals surface area contributed by atoms with Crippen molar-refractivity contribution in [2.75, 3.05) is 32.2 Å². The highest BCUT2D eigenvalue weighted by molar-refractivity contribution is 7.11. The average Bonchev–Trinajstić information content (AvgIpc) is 3.10. The predicted molar refractivity (Wildman–Crippen MR) is 108 cm³/mol. The van der Waals surface area contributed by atoms with E-state index < -0.39 is 0 Å². The van der Waals surface area contributed by atoms with E-state index in [2.05, 4.69) is 29.2 Å². The molecule has 1 fully saturated rings. The number of pyridine rings is 1. The van der Waals surface area contributed by atoms with Gasteiger partial charge in [0.2, 0.25) is 0 Å². The highest BCUT2D eigenvalue weighted by Gasteiger charge is 2.25. The van der Waals surface area contributed by atoms with E-state index in [-0.39, 0.29) is 12.2 Å². The van der Waals surface area contributed by atoms with Gasteiger partial charge in [0.15, 0.2) is 11.5 Å². The molecule has 0 bridgehead atoms. The lowest BCUT2D eigenvalue weighted by atomic mass is 10.1. The van der Waals surface area contributed by atoms with Crippen molar-refractivity contribution in [2.45, 2.75) is 26.1 Å². The second-order valence-corrected chi connectivity index (χ2v) is 7.56. The molecular formula is C20H23N3O3S. The van der Waals surface area contributed by atoms with Crippen LogP contribution in [0.2, 0.25) is 0 Å². The summed E-state index contributed by atoms with van der Waals surface area (Å²) in [4.78, 5) is 7.07. The third-order valence-corrected chi connectivity index (χ3v) is 5.64. The van der Waals surface area contributed by atoms with Crippen LogP contribution in [-0.4, -0.2) is 48.9 Å². The first kappa shape index (κ1) is 18.0. The Morgan fingerprint density at radius 2 is 1.78 bits per heavy atom. The van der Waals surface area contributed by atoms with Gasteiger partial charge in [-0.3, -0.25) is 4.98 Å². The van der Waals surface area contributed by atoms with Crippen molar-refractivity contribution in [3.63, 3.8) is 0 Å². The van der Waals surface area contributed by atoms with Crippen LogP contribution in [0.3, 0.4) is 0 Å². The Balaban J connectivity index is 1.68. The van der Waals surface area contributed by atoms with Crippen LogP contribution >= 0.6 is 11.5 Å². The second-order valence-electron chi connectivity index (χ2n) is 6.81. The Morgan fingerprint density at radius 1 is 1.04 bits per heavy atom. The van der Waals surface area contributed by atoms with Gasteiger partial charge >= 0.3 is 0 Å². The van der Waals surface area contributed by atoms with Crippen LogP contribution in [0.25, 0.3) is 22.2 Å². The van der Waals surface area contributed by atoms with Crippen LogP contribution in [0.5, 0.6) is 11.5 Å². The zero-order valence-electron chi connectivity index (χ0n) is 15.9. The first-order chi connectivity index (χ1) is 13.1. The number of ether oxygens (including phenoxy) is 3. The molecule has 1 aromatic carbocycles. The quantitative estimate of drug-likeness (QED) is 0.677. The summed E-state index contributed by atoms with van der Waals surface area (Å²) in [6.45, 7) is 5.93. The fourth-order valence-corrected chi connectivity index (χ4v) is 4.38. The SMILES string of the molecule is COc1ccc(-c2cnc3c(N4C[C@@H](C)O[C@@H](C)C4)snc3c2)cc1OC. The number of morpholine rings is 1. The number of anilines is 1. The molecule has 0 unspecified atom stereocenters. The minimum Gasteiger partial charge on any atom is -0.493 e. The summed E-state index contributed by atoms with van der Waals surface area (Å²) in [5.41, 5.74) is 3.88. The molecule has 0 radical (unpaired) electrons. The van der Waals surface area contributed by atoms with Crippen molar-refractivity contribution in [1.82, 2.24) is 9.36 Å². The standard InChI is InChI=1S/C20H23N3O3S/c1-12-10-23(11-13(2)26-12)20-19-16(22-27-20)7-15(9-21-19)14-5-6-17(24-3)18(8-14)25-4/h5-9,12-13H,10-11H2,1-4H3/t12-,13+. The van der Waals surface area contributed by atoms with Gasteiger partial charge in [0.1, 0.15) is 16.0 Å². The third-order valence-electron chi connectivity index (χ3n) is 4.72. The van der Waals surface area contributed by atoms with Gasteiger partial charge in [-0.1, -0.05) is 6.07 Å². The smallest absolute Gasteiger partial charge is 0.161 e. The Morgan fingerprint density at radius 3 is 2.48 bits per heavy atom. The maximum absolute atomic E-state index is 5.84. The zero-order valence-corrected chi connectivity index (χ0v) is 16.7. The number of fused-ring (bicyclic) bond motifs is 1. The maximum Gasteiger partial charge on any atom is 0.161 e. The maximum atomic E-state index is 5.84. The fraction of sp³-hybridized carbons (Fsp3) is 0.400. The summed E-state index contributed by atoms with van der Waals surface area (Å²) in [6.07, 6.45) is 2.31. The van der Waals surface area contributed by atoms with Crippen molar-refractivity contribution >= 4 is 27.6 Å². The number of methoxy groups -OCH3 is 2. The van der Waals surface area contributed by atoms with Crippen molar-refractivity contribution in [3.05, 3.63) is 30.5 Å². The molecule has 0 saturated carbocycles. The summed E-state index contributed by atoms with van der Waals surface area (Å²) in [5.74, 6) is 1.41. The van der Waals surface area contributed by atoms with Gasteiger partial charge in [-0.05, 0) is 49.1 Å². The van der Waals surface area contributed by atoms with Crippen LogP contribution in [0.1, 0.15) is 13.8 Å². The molecule has 4 rings (SSSR count). The second kappa shape index (κ2) is 7.32. The predicted octanol–water partition coefficient (Wildman–Crippen LogP) is 3.99. The highest BCUT2D eigenvalue weighted by Crippen LogP contribution is 2.36. The van der Waals surface area contributed by atoms with Crippen molar-refractivity contribution in [2.24, 2.45) is 0 Å². The minimum atomic E-state index is 0.205. The molecule has 142 valence electrons. The van der Waals surface area contributed by atoms with Gasteiger partial charge in [-0.2, -0.15) is 4.37 Å². The van der Waals surface area contributed by atoms with Crippen LogP contribution in [0.15, 0.2) is 30.5 Å². The van der Waals surface area contributed by atoms with E-state index in [0.717, 1.165) is 40.3 Å². The number of benzene rings is 1. The third kappa shape index (κ3) is 3.44. The van der Waals surface area contributed by atoms with Gasteiger partial charge in [-0.15, -0.1) is 0 Å². The summed E-state index contributed by atoms with van der Waals surface area (Å²) in [5, 5.41) is 1.12. The van der Waals surface area contributed by atoms with Gasteiger partial charge in [0, 0.05) is 24.8 Å². The van der Waals surface area contributed by atoms with Crippen LogP contribution in [0.4, 0.5) is 5.00 Å². The molecule has 27 heavy (non-hydrogen) atoms. The number of rotatable bonds is 4. The summed E-state index contributed by atoms with van der Waals surface area (Å²) < 4.78 is 21.2. The summed E-state index contributed by atoms with van der Waals surface area (Å²) in [6, 6.07) is 7.95. The van der Waals surface area contributed by atoms with E-state index in [9.17, 15) is 0 Å². The molecule has 3 aromatic rings. The van der Waals surface area contributed by atoms with E-state index in [0.29, 0.717) is 11.5 Å². The molecule has 6 nitrogen and oxygen atoms in total. The molecule has 1 aliphatic rings. The molecule has 2 aromatic heterocycles. The average molecular weight is 385 g/mol. The fourth-order valence-electron chi connectivity index (χ4n) is 3.55. The molecule has 1 saturated heterocycles. The molecular weight excluding hydrogens is 362 g/mol. The first-order valence-electron chi connectivity index (χ1n) is 8.97. The number of nitrogens with zero attached hydrogens (tertiary/aromatic N) is 3. The van der Waals surface area contributed by atoms with Crippen LogP contribution in [0, 0.1) is 0 Å². The van der Waals surface area contributed by atoms with E-state index >= 15 is 0 Å². The normalized spacial score (nSPS) is 20.1. The largest absolute Gasteiger partial charge is 0.493 e. The monoisotopic (exact) mass is 385 g/mol. The highest BCUT2D eigenvalue weighted by atomic mass is 32.1. The van der Waals surface area contributed by atoms with Crippen molar-refractivity contribution in [1.29, 1.82) is 0 Å². The summed E-state index contributed by atoms with van der Waals surface area (Å²) in [7, 11) is 3.27. The molecule has 2 atom stereocenters. The van der Waals surface area contributed by atoms with Crippen LogP contribution < -0.4 is 14.4 Å². The Bertz CT molecular complexity index is 949. The molecule has 0 N–H and O–H groups in total. The van der Waals surface area contributed by atoms with E-state index in [4.69, 9.17) is 19.2 Å². The number of hydrogen-bond donors (Lipinski definition) is 0. The molecule has 0 spiro atoms. The lowest BCUT2D eigenvalue weighted by molar-refractivity contribution is -0.00494. The molecule has 1 aliphatic heterocycles. The molecule has 3 heterocycles. The minimum absolute atomic E-state index is 0.205. The number of hydrogen-bond acceptors (Lipinski definition) is 7. The lowest BCUT2D eigenvalue weighted by Crippen LogP contribution is -2.45. The van der Waals surface area contributed by atoms with Gasteiger partial charge in [0.05, 0.1) is 26.4 Å². The number of aromatic nitrogens is 2. The Hall–Kier alpha value is -2.38. The topological polar surface area (TPSA) is 56.7 Å². The van der Waals surface area contributed by atoms with E-state index in [1.54, 1.807) is 14.2 Å². The Kier molecular flexibility index (Phi) is 4.88. The van der Waals surface area contributed by atoms with E-state index in [1.807, 2.05) is 24.4 Å². The molecule has 0 amide bonds. The molecule has 7 heteroatoms. The first-order valence-corrected chi connectivity index (χ1v) is 9.74. The van der Waals surface area contributed by atoms with Gasteiger partial charge < -0.3 is 19.1 Å². The Labute approximate surface area is 162 Å². The van der Waals surface area contributed by atoms with Crippen molar-refractivity contribution < 1.29 is 14.2 Å². The van der Waals surface area contributed by atoms with Crippen molar-refractivity contribution in [3.8, 4) is 22.6 Å². The molecule has 0 aliphatic carbocycles. The van der Waals surface area contributed by atoms with Crippen LogP contribution in [-0.2, 0) is 4.74 Å². The van der Waals surface area contributed by atoms with Gasteiger partial charge in [-0.25, -0.2) is 0 Å². The zero-order chi connectivity index (χ0) is 19.0.